The lowest BCUT2D eigenvalue weighted by molar-refractivity contribution is -0.121. The van der Waals surface area contributed by atoms with E-state index in [0.29, 0.717) is 21.4 Å². The molecule has 2 amide bonds. The normalized spacial score (nSPS) is 17.7. The highest BCUT2D eigenvalue weighted by molar-refractivity contribution is 6.43. The van der Waals surface area contributed by atoms with Crippen LogP contribution in [0.2, 0.25) is 10.0 Å². The molecule has 1 atom stereocenters. The van der Waals surface area contributed by atoms with Crippen LogP contribution in [-0.4, -0.2) is 17.9 Å². The molecule has 2 aromatic carbocycles. The first-order valence-corrected chi connectivity index (χ1v) is 7.87. The minimum atomic E-state index is -0.653. The van der Waals surface area contributed by atoms with Gasteiger partial charge in [0.1, 0.15) is 6.04 Å². The van der Waals surface area contributed by atoms with Crippen molar-refractivity contribution >= 4 is 46.4 Å². The average Bonchev–Trinajstić information content (AvgIpc) is 2.79. The lowest BCUT2D eigenvalue weighted by Crippen LogP contribution is -2.34. The molecule has 3 rings (SSSR count). The van der Waals surface area contributed by atoms with Crippen LogP contribution in [-0.2, 0) is 9.59 Å². The SMILES string of the molecule is Cc1ccc(N2C(=O)C[C@@H](Nc3cccc(Cl)c3Cl)C2=O)cc1. The third kappa shape index (κ3) is 3.05. The maximum absolute atomic E-state index is 12.6. The number of carbonyl (C=O) groups excluding carboxylic acids is 2. The van der Waals surface area contributed by atoms with Crippen molar-refractivity contribution in [3.8, 4) is 0 Å². The minimum absolute atomic E-state index is 0.0789. The van der Waals surface area contributed by atoms with Crippen LogP contribution in [0.25, 0.3) is 0 Å². The number of halogens is 2. The van der Waals surface area contributed by atoms with E-state index in [1.807, 2.05) is 19.1 Å². The Morgan fingerprint density at radius 2 is 1.78 bits per heavy atom. The first kappa shape index (κ1) is 15.8. The number of nitrogens with one attached hydrogen (secondary N) is 1. The molecular formula is C17H14Cl2N2O2. The van der Waals surface area contributed by atoms with E-state index in [9.17, 15) is 9.59 Å². The number of nitrogens with zero attached hydrogens (tertiary/aromatic N) is 1. The number of anilines is 2. The number of hydrogen-bond acceptors (Lipinski definition) is 3. The molecule has 0 saturated carbocycles. The lowest BCUT2D eigenvalue weighted by atomic mass is 10.2. The van der Waals surface area contributed by atoms with Gasteiger partial charge in [0.25, 0.3) is 5.91 Å². The van der Waals surface area contributed by atoms with Gasteiger partial charge in [-0.2, -0.15) is 0 Å². The van der Waals surface area contributed by atoms with E-state index in [1.165, 1.54) is 4.90 Å². The van der Waals surface area contributed by atoms with Gasteiger partial charge >= 0.3 is 0 Å². The molecule has 1 aliphatic rings. The van der Waals surface area contributed by atoms with Gasteiger partial charge in [-0.3, -0.25) is 9.59 Å². The Labute approximate surface area is 144 Å². The molecule has 0 unspecified atom stereocenters. The second kappa shape index (κ2) is 6.22. The molecule has 1 N–H and O–H groups in total. The molecule has 1 aliphatic heterocycles. The zero-order valence-corrected chi connectivity index (χ0v) is 13.9. The van der Waals surface area contributed by atoms with Gasteiger partial charge in [-0.1, -0.05) is 47.0 Å². The number of aryl methyl sites for hydroxylation is 1. The summed E-state index contributed by atoms with van der Waals surface area (Å²) in [5.74, 6) is -0.538. The van der Waals surface area contributed by atoms with Crippen LogP contribution in [0.1, 0.15) is 12.0 Å². The summed E-state index contributed by atoms with van der Waals surface area (Å²) in [7, 11) is 0. The van der Waals surface area contributed by atoms with Gasteiger partial charge < -0.3 is 5.32 Å². The van der Waals surface area contributed by atoms with Crippen LogP contribution >= 0.6 is 23.2 Å². The molecule has 6 heteroatoms. The van der Waals surface area contributed by atoms with Crippen molar-refractivity contribution in [1.29, 1.82) is 0 Å². The van der Waals surface area contributed by atoms with Crippen LogP contribution in [0.4, 0.5) is 11.4 Å². The van der Waals surface area contributed by atoms with Crippen LogP contribution in [0, 0.1) is 6.92 Å². The Hall–Kier alpha value is -2.04. The number of rotatable bonds is 3. The van der Waals surface area contributed by atoms with Crippen molar-refractivity contribution < 1.29 is 9.59 Å². The molecule has 0 aromatic heterocycles. The number of carbonyl (C=O) groups is 2. The summed E-state index contributed by atoms with van der Waals surface area (Å²) in [6, 6.07) is 11.7. The fourth-order valence-corrected chi connectivity index (χ4v) is 2.87. The highest BCUT2D eigenvalue weighted by Gasteiger charge is 2.39. The van der Waals surface area contributed by atoms with Crippen LogP contribution in [0.15, 0.2) is 42.5 Å². The Morgan fingerprint density at radius 1 is 1.09 bits per heavy atom. The molecule has 0 radical (unpaired) electrons. The van der Waals surface area contributed by atoms with Crippen molar-refractivity contribution in [2.24, 2.45) is 0 Å². The van der Waals surface area contributed by atoms with E-state index in [-0.39, 0.29) is 18.2 Å². The summed E-state index contributed by atoms with van der Waals surface area (Å²) in [4.78, 5) is 26.0. The molecule has 1 heterocycles. The zero-order valence-electron chi connectivity index (χ0n) is 12.3. The van der Waals surface area contributed by atoms with Gasteiger partial charge in [0.2, 0.25) is 5.91 Å². The molecule has 4 nitrogen and oxygen atoms in total. The molecular weight excluding hydrogens is 335 g/mol. The van der Waals surface area contributed by atoms with Gasteiger partial charge in [0.05, 0.1) is 27.8 Å². The van der Waals surface area contributed by atoms with Crippen LogP contribution in [0.3, 0.4) is 0 Å². The van der Waals surface area contributed by atoms with E-state index in [1.54, 1.807) is 30.3 Å². The van der Waals surface area contributed by atoms with E-state index >= 15 is 0 Å². The van der Waals surface area contributed by atoms with Crippen molar-refractivity contribution in [1.82, 2.24) is 0 Å². The average molecular weight is 349 g/mol. The minimum Gasteiger partial charge on any atom is -0.372 e. The van der Waals surface area contributed by atoms with Gasteiger partial charge in [-0.25, -0.2) is 4.90 Å². The molecule has 118 valence electrons. The first-order valence-electron chi connectivity index (χ1n) is 7.11. The quantitative estimate of drug-likeness (QED) is 0.851. The molecule has 23 heavy (non-hydrogen) atoms. The monoisotopic (exact) mass is 348 g/mol. The Kier molecular flexibility index (Phi) is 4.28. The second-order valence-electron chi connectivity index (χ2n) is 5.41. The topological polar surface area (TPSA) is 49.4 Å². The molecule has 1 saturated heterocycles. The summed E-state index contributed by atoms with van der Waals surface area (Å²) in [6.07, 6.45) is 0.0789. The Bertz CT molecular complexity index is 775. The van der Waals surface area contributed by atoms with E-state index in [4.69, 9.17) is 23.2 Å². The van der Waals surface area contributed by atoms with Gasteiger partial charge in [-0.15, -0.1) is 0 Å². The van der Waals surface area contributed by atoms with Gasteiger partial charge in [0.15, 0.2) is 0 Å². The summed E-state index contributed by atoms with van der Waals surface area (Å²) in [5.41, 5.74) is 2.18. The van der Waals surface area contributed by atoms with E-state index < -0.39 is 6.04 Å². The third-order valence-electron chi connectivity index (χ3n) is 3.72. The molecule has 0 bridgehead atoms. The number of amides is 2. The summed E-state index contributed by atoms with van der Waals surface area (Å²) >= 11 is 12.1. The van der Waals surface area contributed by atoms with Gasteiger partial charge in [0, 0.05) is 0 Å². The van der Waals surface area contributed by atoms with E-state index in [0.717, 1.165) is 5.56 Å². The maximum Gasteiger partial charge on any atom is 0.256 e. The summed E-state index contributed by atoms with van der Waals surface area (Å²) in [5, 5.41) is 3.74. The zero-order chi connectivity index (χ0) is 16.6. The fourth-order valence-electron chi connectivity index (χ4n) is 2.51. The standard InChI is InChI=1S/C17H14Cl2N2O2/c1-10-5-7-11(8-6-10)21-15(22)9-14(17(21)23)20-13-4-2-3-12(18)16(13)19/h2-8,14,20H,9H2,1H3/t14-/m1/s1. The molecule has 2 aromatic rings. The predicted molar refractivity (Wildman–Crippen MR) is 92.2 cm³/mol. The lowest BCUT2D eigenvalue weighted by Gasteiger charge is -2.17. The Balaban J connectivity index is 1.84. The van der Waals surface area contributed by atoms with E-state index in [2.05, 4.69) is 5.32 Å². The molecule has 1 fully saturated rings. The largest absolute Gasteiger partial charge is 0.372 e. The van der Waals surface area contributed by atoms with Crippen molar-refractivity contribution in [2.75, 3.05) is 10.2 Å². The first-order chi connectivity index (χ1) is 11.0. The third-order valence-corrected chi connectivity index (χ3v) is 4.54. The number of benzene rings is 2. The predicted octanol–water partition coefficient (Wildman–Crippen LogP) is 4.05. The molecule has 0 spiro atoms. The molecule has 0 aliphatic carbocycles. The highest BCUT2D eigenvalue weighted by Crippen LogP contribution is 2.32. The van der Waals surface area contributed by atoms with Crippen LogP contribution < -0.4 is 10.2 Å². The second-order valence-corrected chi connectivity index (χ2v) is 6.19. The van der Waals surface area contributed by atoms with Crippen molar-refractivity contribution in [3.05, 3.63) is 58.1 Å². The summed E-state index contributed by atoms with van der Waals surface area (Å²) in [6.45, 7) is 1.95. The highest BCUT2D eigenvalue weighted by atomic mass is 35.5. The van der Waals surface area contributed by atoms with Gasteiger partial charge in [-0.05, 0) is 31.2 Å². The summed E-state index contributed by atoms with van der Waals surface area (Å²) < 4.78 is 0. The van der Waals surface area contributed by atoms with Crippen LogP contribution in [0.5, 0.6) is 0 Å². The van der Waals surface area contributed by atoms with Crippen molar-refractivity contribution in [2.45, 2.75) is 19.4 Å². The Morgan fingerprint density at radius 3 is 2.48 bits per heavy atom. The van der Waals surface area contributed by atoms with Crippen molar-refractivity contribution in [3.63, 3.8) is 0 Å². The number of hydrogen-bond donors (Lipinski definition) is 1. The maximum atomic E-state index is 12.6. The number of imide groups is 1. The smallest absolute Gasteiger partial charge is 0.256 e. The fraction of sp³-hybridized carbons (Fsp3) is 0.176.